The zero-order valence-electron chi connectivity index (χ0n) is 16.3. The summed E-state index contributed by atoms with van der Waals surface area (Å²) < 4.78 is 10.7. The van der Waals surface area contributed by atoms with E-state index in [9.17, 15) is 4.79 Å². The number of nitrogens with zero attached hydrogens (tertiary/aromatic N) is 2. The van der Waals surface area contributed by atoms with E-state index < -0.39 is 0 Å². The maximum Gasteiger partial charge on any atom is 0.275 e. The molecule has 150 valence electrons. The average Bonchev–Trinajstić information content (AvgIpc) is 3.39. The third-order valence-electron chi connectivity index (χ3n) is 4.61. The van der Waals surface area contributed by atoms with Crippen LogP contribution in [0.1, 0.15) is 24.3 Å². The van der Waals surface area contributed by atoms with Crippen LogP contribution in [0.2, 0.25) is 0 Å². The lowest BCUT2D eigenvalue weighted by Gasteiger charge is -2.21. The third kappa shape index (κ3) is 4.27. The fourth-order valence-electron chi connectivity index (χ4n) is 3.07. The largest absolute Gasteiger partial charge is 0.454 e. The Kier molecular flexibility index (Phi) is 5.53. The van der Waals surface area contributed by atoms with Crippen molar-refractivity contribution >= 4 is 39.4 Å². The summed E-state index contributed by atoms with van der Waals surface area (Å²) in [5.74, 6) is 1.18. The summed E-state index contributed by atoms with van der Waals surface area (Å²) in [5.41, 5.74) is 3.06. The van der Waals surface area contributed by atoms with Crippen molar-refractivity contribution in [3.8, 4) is 11.5 Å². The Morgan fingerprint density at radius 3 is 2.55 bits per heavy atom. The number of rotatable bonds is 7. The van der Waals surface area contributed by atoms with Crippen LogP contribution in [0, 0.1) is 0 Å². The fraction of sp³-hybridized carbons (Fsp3) is 0.238. The minimum Gasteiger partial charge on any atom is -0.454 e. The molecule has 2 heterocycles. The van der Waals surface area contributed by atoms with Crippen molar-refractivity contribution in [3.05, 3.63) is 53.5 Å². The lowest BCUT2D eigenvalue weighted by atomic mass is 10.2. The van der Waals surface area contributed by atoms with Crippen molar-refractivity contribution < 1.29 is 14.3 Å². The molecule has 1 aliphatic heterocycles. The molecule has 1 amide bonds. The highest BCUT2D eigenvalue weighted by Crippen LogP contribution is 2.35. The Morgan fingerprint density at radius 1 is 1.07 bits per heavy atom. The van der Waals surface area contributed by atoms with Crippen molar-refractivity contribution in [3.63, 3.8) is 0 Å². The predicted molar refractivity (Wildman–Crippen MR) is 116 cm³/mol. The SMILES string of the molecule is CCN(CC)c1ccc(NC(=O)c2csc(Nc3ccc4c(c3)OCO4)n2)cc1. The van der Waals surface area contributed by atoms with Crippen LogP contribution in [-0.2, 0) is 0 Å². The predicted octanol–water partition coefficient (Wildman–Crippen LogP) is 4.71. The molecule has 8 heteroatoms. The van der Waals surface area contributed by atoms with Gasteiger partial charge in [-0.2, -0.15) is 0 Å². The highest BCUT2D eigenvalue weighted by atomic mass is 32.1. The van der Waals surface area contributed by atoms with E-state index >= 15 is 0 Å². The van der Waals surface area contributed by atoms with Crippen LogP contribution < -0.4 is 25.0 Å². The Morgan fingerprint density at radius 2 is 1.79 bits per heavy atom. The number of anilines is 4. The van der Waals surface area contributed by atoms with Gasteiger partial charge in [-0.15, -0.1) is 11.3 Å². The number of fused-ring (bicyclic) bond motifs is 1. The van der Waals surface area contributed by atoms with Gasteiger partial charge in [-0.3, -0.25) is 4.79 Å². The van der Waals surface area contributed by atoms with Crippen molar-refractivity contribution in [1.29, 1.82) is 0 Å². The second-order valence-corrected chi connectivity index (χ2v) is 7.26. The maximum absolute atomic E-state index is 12.5. The zero-order chi connectivity index (χ0) is 20.2. The van der Waals surface area contributed by atoms with E-state index in [1.165, 1.54) is 11.3 Å². The van der Waals surface area contributed by atoms with Gasteiger partial charge in [-0.05, 0) is 50.2 Å². The van der Waals surface area contributed by atoms with Crippen molar-refractivity contribution in [2.45, 2.75) is 13.8 Å². The van der Waals surface area contributed by atoms with Crippen LogP contribution in [-0.4, -0.2) is 30.8 Å². The number of carbonyl (C=O) groups is 1. The van der Waals surface area contributed by atoms with Gasteiger partial charge in [0.2, 0.25) is 6.79 Å². The molecule has 7 nitrogen and oxygen atoms in total. The molecule has 0 aliphatic carbocycles. The van der Waals surface area contributed by atoms with E-state index in [0.717, 1.165) is 35.9 Å². The maximum atomic E-state index is 12.5. The average molecular weight is 410 g/mol. The Bertz CT molecular complexity index is 999. The molecule has 0 bridgehead atoms. The summed E-state index contributed by atoms with van der Waals surface area (Å²) in [7, 11) is 0. The van der Waals surface area contributed by atoms with Crippen LogP contribution in [0.15, 0.2) is 47.8 Å². The quantitative estimate of drug-likeness (QED) is 0.587. The lowest BCUT2D eigenvalue weighted by Crippen LogP contribution is -2.21. The van der Waals surface area contributed by atoms with Crippen LogP contribution >= 0.6 is 11.3 Å². The number of hydrogen-bond acceptors (Lipinski definition) is 7. The number of nitrogens with one attached hydrogen (secondary N) is 2. The first-order valence-electron chi connectivity index (χ1n) is 9.45. The molecular formula is C21H22N4O3S. The summed E-state index contributed by atoms with van der Waals surface area (Å²) in [5, 5.41) is 8.45. The molecule has 1 aliphatic rings. The summed E-state index contributed by atoms with van der Waals surface area (Å²) in [6.45, 7) is 6.36. The van der Waals surface area contributed by atoms with Gasteiger partial charge in [-0.1, -0.05) is 0 Å². The molecule has 0 unspecified atom stereocenters. The van der Waals surface area contributed by atoms with Gasteiger partial charge in [0.05, 0.1) is 0 Å². The molecule has 4 rings (SSSR count). The molecule has 29 heavy (non-hydrogen) atoms. The second-order valence-electron chi connectivity index (χ2n) is 6.40. The molecule has 0 atom stereocenters. The molecule has 0 spiro atoms. The van der Waals surface area contributed by atoms with E-state index in [0.29, 0.717) is 16.6 Å². The Balaban J connectivity index is 1.39. The van der Waals surface area contributed by atoms with E-state index in [-0.39, 0.29) is 12.7 Å². The molecule has 0 radical (unpaired) electrons. The summed E-state index contributed by atoms with van der Waals surface area (Å²) in [6, 6.07) is 13.4. The molecule has 0 saturated carbocycles. The minimum absolute atomic E-state index is 0.232. The highest BCUT2D eigenvalue weighted by Gasteiger charge is 2.15. The van der Waals surface area contributed by atoms with E-state index in [4.69, 9.17) is 9.47 Å². The Labute approximate surface area is 173 Å². The normalized spacial score (nSPS) is 11.9. The molecule has 2 aromatic carbocycles. The molecule has 3 aromatic rings. The van der Waals surface area contributed by atoms with Crippen LogP contribution in [0.4, 0.5) is 22.2 Å². The molecular weight excluding hydrogens is 388 g/mol. The number of amides is 1. The second kappa shape index (κ2) is 8.40. The van der Waals surface area contributed by atoms with Gasteiger partial charge in [0.25, 0.3) is 5.91 Å². The smallest absolute Gasteiger partial charge is 0.275 e. The van der Waals surface area contributed by atoms with E-state index in [2.05, 4.69) is 34.4 Å². The number of benzene rings is 2. The van der Waals surface area contributed by atoms with Gasteiger partial charge < -0.3 is 25.0 Å². The van der Waals surface area contributed by atoms with Gasteiger partial charge in [0.15, 0.2) is 16.6 Å². The van der Waals surface area contributed by atoms with Crippen LogP contribution in [0.3, 0.4) is 0 Å². The standard InChI is InChI=1S/C21H22N4O3S/c1-3-25(4-2)16-8-5-14(6-9-16)22-20(26)17-12-29-21(24-17)23-15-7-10-18-19(11-15)28-13-27-18/h5-12H,3-4,13H2,1-2H3,(H,22,26)(H,23,24). The van der Waals surface area contributed by atoms with Crippen LogP contribution in [0.25, 0.3) is 0 Å². The summed E-state index contributed by atoms with van der Waals surface area (Å²) in [4.78, 5) is 19.2. The van der Waals surface area contributed by atoms with Crippen molar-refractivity contribution in [1.82, 2.24) is 4.98 Å². The van der Waals surface area contributed by atoms with Crippen molar-refractivity contribution in [2.75, 3.05) is 35.4 Å². The Hall–Kier alpha value is -3.26. The first kappa shape index (κ1) is 19.1. The van der Waals surface area contributed by atoms with Gasteiger partial charge in [-0.25, -0.2) is 4.98 Å². The van der Waals surface area contributed by atoms with Crippen LogP contribution in [0.5, 0.6) is 11.5 Å². The van der Waals surface area contributed by atoms with Crippen molar-refractivity contribution in [2.24, 2.45) is 0 Å². The first-order chi connectivity index (χ1) is 14.2. The number of hydrogen-bond donors (Lipinski definition) is 2. The molecule has 2 N–H and O–H groups in total. The van der Waals surface area contributed by atoms with E-state index in [1.54, 1.807) is 5.38 Å². The zero-order valence-corrected chi connectivity index (χ0v) is 17.1. The summed E-state index contributed by atoms with van der Waals surface area (Å²) >= 11 is 1.37. The van der Waals surface area contributed by atoms with Gasteiger partial charge in [0.1, 0.15) is 5.69 Å². The highest BCUT2D eigenvalue weighted by molar-refractivity contribution is 7.14. The first-order valence-corrected chi connectivity index (χ1v) is 10.3. The number of ether oxygens (including phenoxy) is 2. The number of carbonyl (C=O) groups excluding carboxylic acids is 1. The topological polar surface area (TPSA) is 75.7 Å². The van der Waals surface area contributed by atoms with Gasteiger partial charge in [0, 0.05) is 41.6 Å². The summed E-state index contributed by atoms with van der Waals surface area (Å²) in [6.07, 6.45) is 0. The monoisotopic (exact) mass is 410 g/mol. The lowest BCUT2D eigenvalue weighted by molar-refractivity contribution is 0.102. The number of thiazole rings is 1. The number of aromatic nitrogens is 1. The molecule has 0 fully saturated rings. The minimum atomic E-state index is -0.240. The van der Waals surface area contributed by atoms with Gasteiger partial charge >= 0.3 is 0 Å². The fourth-order valence-corrected chi connectivity index (χ4v) is 3.78. The molecule has 0 saturated heterocycles. The van der Waals surface area contributed by atoms with E-state index in [1.807, 2.05) is 42.5 Å². The molecule has 1 aromatic heterocycles. The third-order valence-corrected chi connectivity index (χ3v) is 5.37.